The summed E-state index contributed by atoms with van der Waals surface area (Å²) in [6.45, 7) is 0.690. The van der Waals surface area contributed by atoms with Gasteiger partial charge in [-0.25, -0.2) is 15.0 Å². The number of piperidine rings is 1. The lowest BCUT2D eigenvalue weighted by molar-refractivity contribution is -0.137. The van der Waals surface area contributed by atoms with Crippen molar-refractivity contribution in [3.63, 3.8) is 0 Å². The van der Waals surface area contributed by atoms with Gasteiger partial charge in [-0.15, -0.1) is 12.3 Å². The average molecular weight is 604 g/mol. The van der Waals surface area contributed by atoms with Gasteiger partial charge in [-0.3, -0.25) is 14.0 Å². The van der Waals surface area contributed by atoms with Crippen LogP contribution < -0.4 is 15.8 Å². The highest BCUT2D eigenvalue weighted by molar-refractivity contribution is 6.04. The topological polar surface area (TPSA) is 128 Å². The Hall–Kier alpha value is -5.12. The van der Waals surface area contributed by atoms with Crippen LogP contribution in [-0.2, 0) is 11.0 Å². The summed E-state index contributed by atoms with van der Waals surface area (Å²) in [5.41, 5.74) is 7.09. The fraction of sp³-hybridized carbons (Fsp3) is 0.323. The number of carbonyl (C=O) groups excluding carboxylic acids is 2. The summed E-state index contributed by atoms with van der Waals surface area (Å²) in [6, 6.07) is 6.46. The van der Waals surface area contributed by atoms with Gasteiger partial charge < -0.3 is 20.7 Å². The molecule has 6 rings (SSSR count). The number of nitrogens with two attached hydrogens (primary N) is 1. The van der Waals surface area contributed by atoms with Crippen LogP contribution in [0.5, 0.6) is 5.75 Å². The van der Waals surface area contributed by atoms with E-state index in [2.05, 4.69) is 21.2 Å². The first-order valence-corrected chi connectivity index (χ1v) is 14.1. The van der Waals surface area contributed by atoms with Crippen LogP contribution in [0.3, 0.4) is 0 Å². The molecule has 2 saturated heterocycles. The highest BCUT2D eigenvalue weighted by atomic mass is 19.4. The van der Waals surface area contributed by atoms with E-state index in [0.717, 1.165) is 43.4 Å². The fourth-order valence-corrected chi connectivity index (χ4v) is 5.90. The third-order valence-electron chi connectivity index (χ3n) is 8.03. The molecule has 0 spiro atoms. The SMILES string of the molecule is C#CCCOc1cc(C(=O)Nc2cc(C(F)(F)F)ccn2)ccc1-c1nc(C2CCC3CCC(=O)N3C2)n2ccnc(N)c12. The average Bonchev–Trinajstić information content (AvgIpc) is 3.58. The monoisotopic (exact) mass is 603 g/mol. The molecule has 3 aromatic heterocycles. The van der Waals surface area contributed by atoms with E-state index in [1.54, 1.807) is 18.5 Å². The van der Waals surface area contributed by atoms with E-state index in [1.165, 1.54) is 12.1 Å². The number of nitrogens with one attached hydrogen (secondary N) is 1. The van der Waals surface area contributed by atoms with Crippen molar-refractivity contribution in [3.05, 3.63) is 65.9 Å². The molecule has 2 aliphatic rings. The van der Waals surface area contributed by atoms with E-state index in [9.17, 15) is 22.8 Å². The molecule has 226 valence electrons. The number of alkyl halides is 3. The minimum Gasteiger partial charge on any atom is -0.492 e. The largest absolute Gasteiger partial charge is 0.492 e. The normalized spacial score (nSPS) is 18.2. The molecule has 3 N–H and O–H groups in total. The maximum atomic E-state index is 13.2. The molecule has 4 aromatic rings. The summed E-state index contributed by atoms with van der Waals surface area (Å²) in [6.07, 6.45) is 8.63. The first kappa shape index (κ1) is 29.0. The molecule has 0 radical (unpaired) electrons. The second-order valence-electron chi connectivity index (χ2n) is 10.8. The molecule has 1 aromatic carbocycles. The summed E-state index contributed by atoms with van der Waals surface area (Å²) in [5, 5.41) is 2.41. The van der Waals surface area contributed by atoms with Crippen molar-refractivity contribution in [1.29, 1.82) is 0 Å². The highest BCUT2D eigenvalue weighted by Gasteiger charge is 2.38. The molecule has 0 aliphatic carbocycles. The van der Waals surface area contributed by atoms with Crippen LogP contribution in [0.25, 0.3) is 16.8 Å². The minimum atomic E-state index is -4.59. The smallest absolute Gasteiger partial charge is 0.416 e. The number of nitrogen functional groups attached to an aromatic ring is 1. The van der Waals surface area contributed by atoms with E-state index in [1.807, 2.05) is 9.30 Å². The molecule has 0 saturated carbocycles. The Labute approximate surface area is 250 Å². The van der Waals surface area contributed by atoms with Gasteiger partial charge in [-0.1, -0.05) is 0 Å². The number of fused-ring (bicyclic) bond motifs is 2. The standard InChI is InChI=1S/C31H28F3N7O3/c1-2-3-14-44-23-15-18(30(43)38-24-16-20(10-11-36-24)31(32,33)34)5-8-22(23)26-27-28(35)37-12-13-40(27)29(39-26)19-4-6-21-7-9-25(42)41(21)17-19/h1,5,8,10-13,15-16,19,21H,3-4,6-7,9,14,17H2,(H2,35,37)(H,36,38,43). The predicted octanol–water partition coefficient (Wildman–Crippen LogP) is 4.92. The number of hydrogen-bond donors (Lipinski definition) is 2. The van der Waals surface area contributed by atoms with Crippen LogP contribution in [0, 0.1) is 12.3 Å². The number of aromatic nitrogens is 4. The second kappa shape index (κ2) is 11.5. The number of amides is 2. The Bertz CT molecular complexity index is 1800. The lowest BCUT2D eigenvalue weighted by Crippen LogP contribution is -2.41. The first-order valence-electron chi connectivity index (χ1n) is 14.1. The summed E-state index contributed by atoms with van der Waals surface area (Å²) >= 11 is 0. The summed E-state index contributed by atoms with van der Waals surface area (Å²) < 4.78 is 47.4. The molecular weight excluding hydrogens is 575 g/mol. The number of hydrogen-bond acceptors (Lipinski definition) is 7. The van der Waals surface area contributed by atoms with Crippen molar-refractivity contribution < 1.29 is 27.5 Å². The van der Waals surface area contributed by atoms with Gasteiger partial charge in [0, 0.05) is 61.1 Å². The molecular formula is C31H28F3N7O3. The molecule has 10 nitrogen and oxygen atoms in total. The lowest BCUT2D eigenvalue weighted by atomic mass is 9.92. The number of ether oxygens (including phenoxy) is 1. The van der Waals surface area contributed by atoms with Gasteiger partial charge in [-0.2, -0.15) is 13.2 Å². The molecule has 13 heteroatoms. The van der Waals surface area contributed by atoms with E-state index >= 15 is 0 Å². The second-order valence-corrected chi connectivity index (χ2v) is 10.8. The molecule has 2 aliphatic heterocycles. The number of halogens is 3. The van der Waals surface area contributed by atoms with Gasteiger partial charge in [0.2, 0.25) is 5.91 Å². The lowest BCUT2D eigenvalue weighted by Gasteiger charge is -2.34. The number of terminal acetylenes is 1. The number of carbonyl (C=O) groups is 2. The number of nitrogens with zero attached hydrogens (tertiary/aromatic N) is 5. The van der Waals surface area contributed by atoms with Crippen LogP contribution >= 0.6 is 0 Å². The third-order valence-corrected chi connectivity index (χ3v) is 8.03. The zero-order valence-corrected chi connectivity index (χ0v) is 23.5. The van der Waals surface area contributed by atoms with E-state index < -0.39 is 17.6 Å². The number of anilines is 2. The maximum absolute atomic E-state index is 13.2. The molecule has 2 fully saturated rings. The number of pyridine rings is 1. The van der Waals surface area contributed by atoms with E-state index in [-0.39, 0.29) is 53.8 Å². The van der Waals surface area contributed by atoms with Crippen LogP contribution in [0.15, 0.2) is 48.9 Å². The quantitative estimate of drug-likeness (QED) is 0.227. The summed E-state index contributed by atoms with van der Waals surface area (Å²) in [7, 11) is 0. The zero-order valence-electron chi connectivity index (χ0n) is 23.5. The maximum Gasteiger partial charge on any atom is 0.416 e. The Morgan fingerprint density at radius 1 is 1.16 bits per heavy atom. The molecule has 44 heavy (non-hydrogen) atoms. The zero-order chi connectivity index (χ0) is 31.0. The molecule has 0 bridgehead atoms. The van der Waals surface area contributed by atoms with Gasteiger partial charge in [0.15, 0.2) is 0 Å². The molecule has 2 unspecified atom stereocenters. The van der Waals surface area contributed by atoms with Crippen molar-refractivity contribution in [2.24, 2.45) is 0 Å². The van der Waals surface area contributed by atoms with Crippen LogP contribution in [0.2, 0.25) is 0 Å². The van der Waals surface area contributed by atoms with Crippen molar-refractivity contribution in [3.8, 4) is 29.4 Å². The van der Waals surface area contributed by atoms with Gasteiger partial charge in [0.1, 0.15) is 34.4 Å². The number of rotatable bonds is 7. The van der Waals surface area contributed by atoms with Gasteiger partial charge in [0.05, 0.1) is 12.2 Å². The van der Waals surface area contributed by atoms with Crippen LogP contribution in [0.1, 0.15) is 59.8 Å². The van der Waals surface area contributed by atoms with E-state index in [0.29, 0.717) is 29.7 Å². The molecule has 5 heterocycles. The van der Waals surface area contributed by atoms with Crippen LogP contribution in [-0.4, -0.2) is 55.3 Å². The Morgan fingerprint density at radius 2 is 2.00 bits per heavy atom. The van der Waals surface area contributed by atoms with Crippen molar-refractivity contribution in [2.45, 2.75) is 50.2 Å². The Kier molecular flexibility index (Phi) is 7.59. The van der Waals surface area contributed by atoms with E-state index in [4.69, 9.17) is 21.9 Å². The van der Waals surface area contributed by atoms with Crippen molar-refractivity contribution in [1.82, 2.24) is 24.3 Å². The summed E-state index contributed by atoms with van der Waals surface area (Å²) in [4.78, 5) is 40.7. The van der Waals surface area contributed by atoms with Crippen LogP contribution in [0.4, 0.5) is 24.8 Å². The first-order chi connectivity index (χ1) is 21.1. The number of benzene rings is 1. The third kappa shape index (κ3) is 5.50. The molecule has 2 atom stereocenters. The fourth-order valence-electron chi connectivity index (χ4n) is 5.90. The van der Waals surface area contributed by atoms with Gasteiger partial charge >= 0.3 is 6.18 Å². The van der Waals surface area contributed by atoms with Crippen molar-refractivity contribution in [2.75, 3.05) is 24.2 Å². The molecule has 2 amide bonds. The number of imidazole rings is 1. The van der Waals surface area contributed by atoms with Crippen molar-refractivity contribution >= 4 is 29.0 Å². The Balaban J connectivity index is 1.37. The predicted molar refractivity (Wildman–Crippen MR) is 156 cm³/mol. The Morgan fingerprint density at radius 3 is 2.80 bits per heavy atom. The minimum absolute atomic E-state index is 0.0350. The highest BCUT2D eigenvalue weighted by Crippen LogP contribution is 2.40. The summed E-state index contributed by atoms with van der Waals surface area (Å²) in [5.74, 6) is 2.93. The van der Waals surface area contributed by atoms with Gasteiger partial charge in [-0.05, 0) is 49.6 Å². The van der Waals surface area contributed by atoms with Gasteiger partial charge in [0.25, 0.3) is 5.91 Å².